The average molecular weight is 335 g/mol. The number of carbonyl (C=O) groups excluding carboxylic acids is 2. The van der Waals surface area contributed by atoms with E-state index in [9.17, 15) is 9.59 Å². The highest BCUT2D eigenvalue weighted by molar-refractivity contribution is 5.92. The lowest BCUT2D eigenvalue weighted by atomic mass is 10.1. The third-order valence-corrected chi connectivity index (χ3v) is 3.81. The Morgan fingerprint density at radius 3 is 2.71 bits per heavy atom. The summed E-state index contributed by atoms with van der Waals surface area (Å²) in [6.07, 6.45) is 3.62. The molecular weight excluding hydrogens is 310 g/mol. The number of hydrogen-bond donors (Lipinski definition) is 2. The molecule has 2 N–H and O–H groups in total. The molecule has 0 atom stereocenters. The Morgan fingerprint density at radius 2 is 2.04 bits per heavy atom. The van der Waals surface area contributed by atoms with Crippen LogP contribution in [0.5, 0.6) is 0 Å². The van der Waals surface area contributed by atoms with Crippen molar-refractivity contribution in [3.8, 4) is 0 Å². The largest absolute Gasteiger partial charge is 0.450 e. The third-order valence-electron chi connectivity index (χ3n) is 3.81. The maximum atomic E-state index is 11.9. The number of carbonyl (C=O) groups is 2. The van der Waals surface area contributed by atoms with Crippen LogP contribution >= 0.6 is 0 Å². The Kier molecular flexibility index (Phi) is 6.77. The number of ether oxygens (including phenoxy) is 1. The number of nitrogens with one attached hydrogen (secondary N) is 2. The van der Waals surface area contributed by atoms with Crippen molar-refractivity contribution in [2.45, 2.75) is 39.2 Å². The van der Waals surface area contributed by atoms with Gasteiger partial charge in [-0.25, -0.2) is 14.8 Å². The van der Waals surface area contributed by atoms with Crippen molar-refractivity contribution in [1.29, 1.82) is 0 Å². The average Bonchev–Trinajstić information content (AvgIpc) is 2.60. The Bertz CT molecular complexity index is 558. The van der Waals surface area contributed by atoms with Gasteiger partial charge in [0.25, 0.3) is 5.91 Å². The molecule has 1 aliphatic heterocycles. The van der Waals surface area contributed by atoms with Gasteiger partial charge in [0, 0.05) is 31.7 Å². The first-order chi connectivity index (χ1) is 11.6. The van der Waals surface area contributed by atoms with Gasteiger partial charge in [0.05, 0.1) is 6.61 Å². The lowest BCUT2D eigenvalue weighted by molar-refractivity contribution is 0.0946. The molecule has 2 rings (SSSR count). The Morgan fingerprint density at radius 1 is 1.29 bits per heavy atom. The van der Waals surface area contributed by atoms with Crippen LogP contribution in [0.4, 0.5) is 10.6 Å². The fourth-order valence-electron chi connectivity index (χ4n) is 2.52. The molecule has 8 nitrogen and oxygen atoms in total. The molecule has 1 fully saturated rings. The van der Waals surface area contributed by atoms with Crippen LogP contribution in [0, 0.1) is 0 Å². The van der Waals surface area contributed by atoms with E-state index in [1.807, 2.05) is 6.92 Å². The summed E-state index contributed by atoms with van der Waals surface area (Å²) in [6.45, 7) is 6.10. The van der Waals surface area contributed by atoms with E-state index in [0.29, 0.717) is 37.8 Å². The first-order valence-electron chi connectivity index (χ1n) is 8.42. The van der Waals surface area contributed by atoms with E-state index in [0.717, 1.165) is 19.3 Å². The monoisotopic (exact) mass is 335 g/mol. The zero-order chi connectivity index (χ0) is 17.4. The topological polar surface area (TPSA) is 96.5 Å². The normalized spacial score (nSPS) is 15.0. The molecule has 8 heteroatoms. The number of rotatable bonds is 6. The first kappa shape index (κ1) is 18.0. The molecule has 0 spiro atoms. The minimum absolute atomic E-state index is 0.195. The van der Waals surface area contributed by atoms with Crippen LogP contribution in [0.1, 0.15) is 43.6 Å². The van der Waals surface area contributed by atoms with Crippen LogP contribution in [0.2, 0.25) is 0 Å². The highest BCUT2D eigenvalue weighted by Gasteiger charge is 2.23. The van der Waals surface area contributed by atoms with Crippen LogP contribution in [0.25, 0.3) is 0 Å². The summed E-state index contributed by atoms with van der Waals surface area (Å²) in [5.41, 5.74) is 0.352. The van der Waals surface area contributed by atoms with Crippen LogP contribution < -0.4 is 10.6 Å². The van der Waals surface area contributed by atoms with E-state index >= 15 is 0 Å². The van der Waals surface area contributed by atoms with Crippen molar-refractivity contribution in [2.75, 3.05) is 31.6 Å². The smallest absolute Gasteiger partial charge is 0.409 e. The number of anilines is 1. The lowest BCUT2D eigenvalue weighted by Gasteiger charge is -2.31. The highest BCUT2D eigenvalue weighted by Crippen LogP contribution is 2.16. The maximum absolute atomic E-state index is 11.9. The van der Waals surface area contributed by atoms with Gasteiger partial charge in [0.15, 0.2) is 0 Å². The molecule has 0 saturated carbocycles. The van der Waals surface area contributed by atoms with E-state index < -0.39 is 0 Å². The SMILES string of the molecule is CCCNC(=O)c1cc(NC2CCN(C(=O)OCC)CC2)ncn1. The second-order valence-electron chi connectivity index (χ2n) is 5.65. The van der Waals surface area contributed by atoms with Gasteiger partial charge in [-0.2, -0.15) is 0 Å². The maximum Gasteiger partial charge on any atom is 0.409 e. The summed E-state index contributed by atoms with van der Waals surface area (Å²) in [6, 6.07) is 1.86. The minimum Gasteiger partial charge on any atom is -0.450 e. The zero-order valence-electron chi connectivity index (χ0n) is 14.2. The van der Waals surface area contributed by atoms with E-state index in [4.69, 9.17) is 4.74 Å². The van der Waals surface area contributed by atoms with E-state index in [-0.39, 0.29) is 18.0 Å². The van der Waals surface area contributed by atoms with Crippen LogP contribution in [0.3, 0.4) is 0 Å². The fourth-order valence-corrected chi connectivity index (χ4v) is 2.52. The molecular formula is C16H25N5O3. The van der Waals surface area contributed by atoms with Crippen molar-refractivity contribution < 1.29 is 14.3 Å². The molecule has 2 heterocycles. The van der Waals surface area contributed by atoms with Crippen molar-refractivity contribution >= 4 is 17.8 Å². The van der Waals surface area contributed by atoms with Crippen LogP contribution in [0.15, 0.2) is 12.4 Å². The Labute approximate surface area is 142 Å². The molecule has 1 aromatic heterocycles. The van der Waals surface area contributed by atoms with Crippen LogP contribution in [-0.2, 0) is 4.74 Å². The van der Waals surface area contributed by atoms with Crippen molar-refractivity contribution in [2.24, 2.45) is 0 Å². The van der Waals surface area contributed by atoms with Crippen LogP contribution in [-0.4, -0.2) is 59.2 Å². The number of piperidine rings is 1. The standard InChI is InChI=1S/C16H25N5O3/c1-3-7-17-15(22)13-10-14(19-11-18-13)20-12-5-8-21(9-6-12)16(23)24-4-2/h10-12H,3-9H2,1-2H3,(H,17,22)(H,18,19,20). The molecule has 24 heavy (non-hydrogen) atoms. The molecule has 132 valence electrons. The van der Waals surface area contributed by atoms with Crippen molar-refractivity contribution in [1.82, 2.24) is 20.2 Å². The van der Waals surface area contributed by atoms with Gasteiger partial charge in [0.1, 0.15) is 17.8 Å². The molecule has 2 amide bonds. The van der Waals surface area contributed by atoms with Gasteiger partial charge in [-0.1, -0.05) is 6.92 Å². The predicted molar refractivity (Wildman–Crippen MR) is 89.9 cm³/mol. The van der Waals surface area contributed by atoms with Crippen molar-refractivity contribution in [3.63, 3.8) is 0 Å². The van der Waals surface area contributed by atoms with E-state index in [2.05, 4.69) is 20.6 Å². The Balaban J connectivity index is 1.86. The molecule has 1 saturated heterocycles. The van der Waals surface area contributed by atoms with Gasteiger partial charge in [-0.05, 0) is 26.2 Å². The van der Waals surface area contributed by atoms with E-state index in [1.165, 1.54) is 6.33 Å². The Hall–Kier alpha value is -2.38. The molecule has 1 aliphatic rings. The van der Waals surface area contributed by atoms with Gasteiger partial charge < -0.3 is 20.3 Å². The second-order valence-corrected chi connectivity index (χ2v) is 5.65. The quantitative estimate of drug-likeness (QED) is 0.820. The molecule has 0 unspecified atom stereocenters. The van der Waals surface area contributed by atoms with Gasteiger partial charge >= 0.3 is 6.09 Å². The summed E-state index contributed by atoms with van der Waals surface area (Å²) >= 11 is 0. The second kappa shape index (κ2) is 9.05. The van der Waals surface area contributed by atoms with Crippen molar-refractivity contribution in [3.05, 3.63) is 18.1 Å². The summed E-state index contributed by atoms with van der Waals surface area (Å²) in [5.74, 6) is 0.431. The molecule has 1 aromatic rings. The number of nitrogens with zero attached hydrogens (tertiary/aromatic N) is 3. The van der Waals surface area contributed by atoms with Gasteiger partial charge in [0.2, 0.25) is 0 Å². The summed E-state index contributed by atoms with van der Waals surface area (Å²) in [7, 11) is 0. The molecule has 0 bridgehead atoms. The fraction of sp³-hybridized carbons (Fsp3) is 0.625. The minimum atomic E-state index is -0.257. The first-order valence-corrected chi connectivity index (χ1v) is 8.42. The number of aromatic nitrogens is 2. The molecule has 0 radical (unpaired) electrons. The summed E-state index contributed by atoms with van der Waals surface area (Å²) < 4.78 is 5.01. The number of hydrogen-bond acceptors (Lipinski definition) is 6. The predicted octanol–water partition coefficient (Wildman–Crippen LogP) is 1.65. The number of likely N-dealkylation sites (tertiary alicyclic amines) is 1. The lowest BCUT2D eigenvalue weighted by Crippen LogP contribution is -2.42. The van der Waals surface area contributed by atoms with E-state index in [1.54, 1.807) is 17.9 Å². The summed E-state index contributed by atoms with van der Waals surface area (Å²) in [4.78, 5) is 33.5. The molecule has 0 aliphatic carbocycles. The van der Waals surface area contributed by atoms with Gasteiger partial charge in [-0.3, -0.25) is 4.79 Å². The summed E-state index contributed by atoms with van der Waals surface area (Å²) in [5, 5.41) is 6.11. The molecule has 0 aromatic carbocycles. The van der Waals surface area contributed by atoms with Gasteiger partial charge in [-0.15, -0.1) is 0 Å². The highest BCUT2D eigenvalue weighted by atomic mass is 16.6. The number of amides is 2. The zero-order valence-corrected chi connectivity index (χ0v) is 14.2. The third kappa shape index (κ3) is 5.07.